The third-order valence-corrected chi connectivity index (χ3v) is 6.03. The molecule has 28 heavy (non-hydrogen) atoms. The van der Waals surface area contributed by atoms with Crippen molar-refractivity contribution in [2.24, 2.45) is 0 Å². The fourth-order valence-electron chi connectivity index (χ4n) is 4.92. The Labute approximate surface area is 169 Å². The second-order valence-electron chi connectivity index (χ2n) is 9.60. The summed E-state index contributed by atoms with van der Waals surface area (Å²) in [7, 11) is 0. The Morgan fingerprint density at radius 1 is 0.821 bits per heavy atom. The molecule has 0 bridgehead atoms. The zero-order valence-electron chi connectivity index (χ0n) is 17.8. The zero-order chi connectivity index (χ0) is 19.8. The van der Waals surface area contributed by atoms with Crippen molar-refractivity contribution in [3.8, 4) is 11.1 Å². The zero-order valence-corrected chi connectivity index (χ0v) is 17.8. The molecule has 0 saturated heterocycles. The van der Waals surface area contributed by atoms with Crippen molar-refractivity contribution in [3.05, 3.63) is 70.1 Å². The van der Waals surface area contributed by atoms with Crippen LogP contribution in [-0.2, 0) is 12.8 Å². The Bertz CT molecular complexity index is 1020. The van der Waals surface area contributed by atoms with Crippen molar-refractivity contribution in [3.63, 3.8) is 0 Å². The van der Waals surface area contributed by atoms with E-state index in [-0.39, 0.29) is 11.1 Å². The third-order valence-electron chi connectivity index (χ3n) is 6.03. The van der Waals surface area contributed by atoms with Crippen LogP contribution in [0.25, 0.3) is 23.3 Å². The first-order valence-corrected chi connectivity index (χ1v) is 10.7. The van der Waals surface area contributed by atoms with Gasteiger partial charge in [-0.3, -0.25) is 0 Å². The first kappa shape index (κ1) is 19.2. The van der Waals surface area contributed by atoms with Crippen molar-refractivity contribution in [1.29, 1.82) is 0 Å². The third kappa shape index (κ3) is 4.00. The van der Waals surface area contributed by atoms with E-state index < -0.39 is 0 Å². The molecule has 0 saturated carbocycles. The molecule has 0 amide bonds. The average molecular weight is 372 g/mol. The molecule has 2 aliphatic carbocycles. The van der Waals surface area contributed by atoms with Gasteiger partial charge < -0.3 is 5.32 Å². The molecule has 1 heteroatoms. The Morgan fingerprint density at radius 3 is 2.39 bits per heavy atom. The number of hydrogen-bond donors (Lipinski definition) is 1. The van der Waals surface area contributed by atoms with Crippen molar-refractivity contribution in [2.75, 3.05) is 0 Å². The molecule has 0 unspecified atom stereocenters. The van der Waals surface area contributed by atoms with Gasteiger partial charge in [0.2, 0.25) is 0 Å². The average Bonchev–Trinajstić information content (AvgIpc) is 2.66. The molecule has 146 valence electrons. The van der Waals surface area contributed by atoms with Gasteiger partial charge in [-0.2, -0.15) is 0 Å². The highest BCUT2D eigenvalue weighted by Crippen LogP contribution is 2.24. The first-order chi connectivity index (χ1) is 13.3. The maximum Gasteiger partial charge on any atom is 0.0311 e. The number of nitrogens with one attached hydrogen (secondary N) is 1. The Balaban J connectivity index is 0.000000165. The fraction of sp³-hybridized carbons (Fsp3) is 0.407. The van der Waals surface area contributed by atoms with Gasteiger partial charge in [-0.05, 0) is 92.5 Å². The lowest BCUT2D eigenvalue weighted by atomic mass is 9.87. The van der Waals surface area contributed by atoms with Crippen LogP contribution in [0.15, 0.2) is 48.6 Å². The monoisotopic (exact) mass is 371 g/mol. The van der Waals surface area contributed by atoms with E-state index in [0.717, 1.165) is 12.8 Å². The molecule has 3 aliphatic rings. The molecule has 0 fully saturated rings. The van der Waals surface area contributed by atoms with Crippen LogP contribution in [0.4, 0.5) is 0 Å². The van der Waals surface area contributed by atoms with Crippen LogP contribution in [0, 0.1) is 0 Å². The number of fused-ring (bicyclic) bond motifs is 5. The molecule has 1 N–H and O–H groups in total. The number of rotatable bonds is 0. The number of aryl methyl sites for hydroxylation is 1. The van der Waals surface area contributed by atoms with Gasteiger partial charge in [0.25, 0.3) is 0 Å². The molecule has 0 atom stereocenters. The van der Waals surface area contributed by atoms with E-state index in [2.05, 4.69) is 93.7 Å². The molecule has 5 rings (SSSR count). The standard InChI is InChI=1S/C18H16.C9H17N/c1-3-7-15-13(5-1)9-11-18-16-8-4-2-6-14(16)10-12-17(15)18;1-8(2)6-5-7-9(3,4)10-8/h1,3,5,7-8,10-12H,2,4,6,9H2;5-6,10H,7H2,1-4H3. The van der Waals surface area contributed by atoms with Gasteiger partial charge in [0, 0.05) is 11.1 Å². The van der Waals surface area contributed by atoms with Crippen LogP contribution in [0.3, 0.4) is 0 Å². The van der Waals surface area contributed by atoms with Crippen molar-refractivity contribution >= 4 is 12.2 Å². The van der Waals surface area contributed by atoms with Gasteiger partial charge >= 0.3 is 0 Å². The summed E-state index contributed by atoms with van der Waals surface area (Å²) < 4.78 is 0. The van der Waals surface area contributed by atoms with Crippen LogP contribution in [0.2, 0.25) is 0 Å². The highest BCUT2D eigenvalue weighted by Gasteiger charge is 2.27. The summed E-state index contributed by atoms with van der Waals surface area (Å²) in [6.45, 7) is 8.87. The normalized spacial score (nSPS) is 20.3. The molecule has 1 heterocycles. The van der Waals surface area contributed by atoms with Crippen molar-refractivity contribution in [1.82, 2.24) is 5.32 Å². The van der Waals surface area contributed by atoms with Gasteiger partial charge in [0.15, 0.2) is 0 Å². The van der Waals surface area contributed by atoms with E-state index in [1.807, 2.05) is 0 Å². The minimum atomic E-state index is 0.182. The van der Waals surface area contributed by atoms with E-state index in [4.69, 9.17) is 0 Å². The van der Waals surface area contributed by atoms with Gasteiger partial charge in [0.05, 0.1) is 0 Å². The van der Waals surface area contributed by atoms with E-state index in [1.54, 1.807) is 0 Å². The lowest BCUT2D eigenvalue weighted by molar-refractivity contribution is 0.291. The van der Waals surface area contributed by atoms with Crippen LogP contribution in [0.1, 0.15) is 58.1 Å². The summed E-state index contributed by atoms with van der Waals surface area (Å²) in [4.78, 5) is 0. The summed E-state index contributed by atoms with van der Waals surface area (Å²) >= 11 is 0. The topological polar surface area (TPSA) is 12.0 Å². The number of benzene rings is 2. The number of hydrogen-bond acceptors (Lipinski definition) is 1. The van der Waals surface area contributed by atoms with Crippen LogP contribution in [0.5, 0.6) is 0 Å². The second-order valence-corrected chi connectivity index (χ2v) is 9.60. The summed E-state index contributed by atoms with van der Waals surface area (Å²) in [6.07, 6.45) is 15.3. The summed E-state index contributed by atoms with van der Waals surface area (Å²) in [5.41, 5.74) is 6.31. The largest absolute Gasteiger partial charge is 0.303 e. The Morgan fingerprint density at radius 2 is 1.64 bits per heavy atom. The molecular formula is C27H33N. The van der Waals surface area contributed by atoms with Gasteiger partial charge in [-0.15, -0.1) is 0 Å². The Kier molecular flexibility index (Phi) is 5.05. The summed E-state index contributed by atoms with van der Waals surface area (Å²) in [5, 5.41) is 6.53. The summed E-state index contributed by atoms with van der Waals surface area (Å²) in [6, 6.07) is 13.5. The van der Waals surface area contributed by atoms with Gasteiger partial charge in [-0.1, -0.05) is 60.7 Å². The second kappa shape index (κ2) is 7.37. The predicted molar refractivity (Wildman–Crippen MR) is 122 cm³/mol. The smallest absolute Gasteiger partial charge is 0.0311 e. The van der Waals surface area contributed by atoms with Crippen LogP contribution < -0.4 is 15.8 Å². The van der Waals surface area contributed by atoms with Gasteiger partial charge in [-0.25, -0.2) is 0 Å². The molecule has 1 aliphatic heterocycles. The fourth-order valence-corrected chi connectivity index (χ4v) is 4.92. The van der Waals surface area contributed by atoms with Crippen LogP contribution in [-0.4, -0.2) is 11.1 Å². The van der Waals surface area contributed by atoms with E-state index in [1.165, 1.54) is 52.0 Å². The maximum absolute atomic E-state index is 3.55. The molecule has 0 aromatic heterocycles. The SMILES string of the molecule is C1=c2c(ccc3c2=CCc2ccccc2-3)CCC1.CC1(C)C=CCC(C)(C)N1. The first-order valence-electron chi connectivity index (χ1n) is 10.7. The molecule has 0 spiro atoms. The minimum absolute atomic E-state index is 0.182. The highest BCUT2D eigenvalue weighted by molar-refractivity contribution is 5.74. The quantitative estimate of drug-likeness (QED) is 0.650. The molecule has 2 aromatic rings. The molecule has 1 nitrogen and oxygen atoms in total. The highest BCUT2D eigenvalue weighted by atomic mass is 15.0. The minimum Gasteiger partial charge on any atom is -0.303 e. The molecule has 0 radical (unpaired) electrons. The lowest BCUT2D eigenvalue weighted by Crippen LogP contribution is -2.52. The lowest BCUT2D eigenvalue weighted by Gasteiger charge is -2.38. The van der Waals surface area contributed by atoms with Crippen LogP contribution >= 0.6 is 0 Å². The van der Waals surface area contributed by atoms with Gasteiger partial charge in [0.1, 0.15) is 0 Å². The molecular weight excluding hydrogens is 338 g/mol. The summed E-state index contributed by atoms with van der Waals surface area (Å²) in [5.74, 6) is 0. The predicted octanol–water partition coefficient (Wildman–Crippen LogP) is 4.90. The maximum atomic E-state index is 3.55. The van der Waals surface area contributed by atoms with Crippen molar-refractivity contribution < 1.29 is 0 Å². The van der Waals surface area contributed by atoms with E-state index in [0.29, 0.717) is 0 Å². The molecule has 2 aromatic carbocycles. The van der Waals surface area contributed by atoms with E-state index in [9.17, 15) is 0 Å². The van der Waals surface area contributed by atoms with E-state index >= 15 is 0 Å². The Hall–Kier alpha value is -2.12. The van der Waals surface area contributed by atoms with Crippen molar-refractivity contribution in [2.45, 2.75) is 70.9 Å².